The van der Waals surface area contributed by atoms with Crippen molar-refractivity contribution in [2.24, 2.45) is 0 Å². The molecule has 0 bridgehead atoms. The van der Waals surface area contributed by atoms with E-state index >= 15 is 0 Å². The van der Waals surface area contributed by atoms with E-state index in [4.69, 9.17) is 0 Å². The summed E-state index contributed by atoms with van der Waals surface area (Å²) in [6.45, 7) is 2.78. The standard InChI is InChI=1S/C22H28N4O3S/c1-2-3-7-12-23-19(27)13-17-15-30-22(24-17)25-20(28)14-26(18-10-11-18)21(29)16-8-5-4-6-9-16/h4-6,8-9,15,18H,2-3,7,10-14H2,1H3,(H,23,27)(H,24,25,28). The highest BCUT2D eigenvalue weighted by molar-refractivity contribution is 7.13. The Kier molecular flexibility index (Phi) is 7.96. The lowest BCUT2D eigenvalue weighted by Gasteiger charge is -2.21. The van der Waals surface area contributed by atoms with E-state index in [0.29, 0.717) is 22.9 Å². The lowest BCUT2D eigenvalue weighted by Crippen LogP contribution is -2.39. The molecule has 2 aromatic rings. The largest absolute Gasteiger partial charge is 0.356 e. The van der Waals surface area contributed by atoms with Gasteiger partial charge in [-0.1, -0.05) is 38.0 Å². The van der Waals surface area contributed by atoms with Crippen LogP contribution >= 0.6 is 11.3 Å². The zero-order chi connectivity index (χ0) is 21.3. The minimum atomic E-state index is -0.281. The second-order valence-corrected chi connectivity index (χ2v) is 8.31. The van der Waals surface area contributed by atoms with Crippen molar-refractivity contribution in [2.75, 3.05) is 18.4 Å². The maximum Gasteiger partial charge on any atom is 0.254 e. The van der Waals surface area contributed by atoms with E-state index in [9.17, 15) is 14.4 Å². The van der Waals surface area contributed by atoms with Crippen LogP contribution in [0, 0.1) is 0 Å². The Morgan fingerprint density at radius 3 is 2.60 bits per heavy atom. The summed E-state index contributed by atoms with van der Waals surface area (Å²) in [6.07, 6.45) is 5.21. The quantitative estimate of drug-likeness (QED) is 0.538. The predicted molar refractivity (Wildman–Crippen MR) is 117 cm³/mol. The van der Waals surface area contributed by atoms with Crippen LogP contribution in [0.25, 0.3) is 0 Å². The summed E-state index contributed by atoms with van der Waals surface area (Å²) in [4.78, 5) is 43.2. The molecule has 3 amide bonds. The average molecular weight is 429 g/mol. The van der Waals surface area contributed by atoms with Crippen LogP contribution in [0.3, 0.4) is 0 Å². The van der Waals surface area contributed by atoms with Gasteiger partial charge < -0.3 is 15.5 Å². The molecule has 1 fully saturated rings. The molecule has 1 saturated carbocycles. The fourth-order valence-corrected chi connectivity index (χ4v) is 3.81. The molecule has 160 valence electrons. The van der Waals surface area contributed by atoms with Gasteiger partial charge >= 0.3 is 0 Å². The van der Waals surface area contributed by atoms with E-state index in [1.165, 1.54) is 11.3 Å². The molecule has 0 atom stereocenters. The zero-order valence-electron chi connectivity index (χ0n) is 17.2. The fraction of sp³-hybridized carbons (Fsp3) is 0.455. The topological polar surface area (TPSA) is 91.4 Å². The average Bonchev–Trinajstić information content (AvgIpc) is 3.50. The summed E-state index contributed by atoms with van der Waals surface area (Å²) in [6, 6.07) is 9.12. The predicted octanol–water partition coefficient (Wildman–Crippen LogP) is 3.24. The number of thiazole rings is 1. The maximum atomic E-state index is 12.8. The number of carbonyl (C=O) groups excluding carboxylic acids is 3. The number of hydrogen-bond acceptors (Lipinski definition) is 5. The van der Waals surface area contributed by atoms with Crippen LogP contribution in [-0.2, 0) is 16.0 Å². The summed E-state index contributed by atoms with van der Waals surface area (Å²) >= 11 is 1.28. The molecule has 1 heterocycles. The molecule has 0 radical (unpaired) electrons. The van der Waals surface area contributed by atoms with Gasteiger partial charge in [-0.25, -0.2) is 4.98 Å². The van der Waals surface area contributed by atoms with Crippen LogP contribution in [0.4, 0.5) is 5.13 Å². The first-order chi connectivity index (χ1) is 14.6. The molecular weight excluding hydrogens is 400 g/mol. The highest BCUT2D eigenvalue weighted by atomic mass is 32.1. The van der Waals surface area contributed by atoms with Crippen LogP contribution < -0.4 is 10.6 Å². The van der Waals surface area contributed by atoms with Crippen LogP contribution in [0.2, 0.25) is 0 Å². The first-order valence-corrected chi connectivity index (χ1v) is 11.3. The Hall–Kier alpha value is -2.74. The van der Waals surface area contributed by atoms with Crippen molar-refractivity contribution >= 4 is 34.2 Å². The van der Waals surface area contributed by atoms with Crippen molar-refractivity contribution in [3.05, 3.63) is 47.0 Å². The molecule has 0 aliphatic heterocycles. The van der Waals surface area contributed by atoms with E-state index in [0.717, 1.165) is 32.1 Å². The summed E-state index contributed by atoms with van der Waals surface area (Å²) in [5.74, 6) is -0.480. The molecular formula is C22H28N4O3S. The van der Waals surface area contributed by atoms with Gasteiger partial charge in [0, 0.05) is 23.5 Å². The van der Waals surface area contributed by atoms with E-state index in [1.54, 1.807) is 22.4 Å². The highest BCUT2D eigenvalue weighted by Crippen LogP contribution is 2.28. The smallest absolute Gasteiger partial charge is 0.254 e. The van der Waals surface area contributed by atoms with E-state index in [1.807, 2.05) is 18.2 Å². The molecule has 1 aliphatic carbocycles. The van der Waals surface area contributed by atoms with Gasteiger partial charge in [-0.15, -0.1) is 11.3 Å². The summed E-state index contributed by atoms with van der Waals surface area (Å²) in [5.41, 5.74) is 1.21. The second-order valence-electron chi connectivity index (χ2n) is 7.46. The minimum absolute atomic E-state index is 0.00871. The van der Waals surface area contributed by atoms with Crippen LogP contribution in [0.5, 0.6) is 0 Å². The molecule has 1 aromatic carbocycles. The Morgan fingerprint density at radius 1 is 1.13 bits per heavy atom. The third-order valence-electron chi connectivity index (χ3n) is 4.83. The van der Waals surface area contributed by atoms with Gasteiger partial charge in [-0.3, -0.25) is 14.4 Å². The number of carbonyl (C=O) groups is 3. The van der Waals surface area contributed by atoms with Crippen LogP contribution in [0.15, 0.2) is 35.7 Å². The van der Waals surface area contributed by atoms with Gasteiger partial charge in [-0.05, 0) is 31.4 Å². The maximum absolute atomic E-state index is 12.8. The zero-order valence-corrected chi connectivity index (χ0v) is 18.0. The van der Waals surface area contributed by atoms with Gasteiger partial charge in [0.15, 0.2) is 5.13 Å². The molecule has 1 aliphatic rings. The van der Waals surface area contributed by atoms with E-state index in [-0.39, 0.29) is 36.7 Å². The molecule has 1 aromatic heterocycles. The third-order valence-corrected chi connectivity index (χ3v) is 5.63. The fourth-order valence-electron chi connectivity index (χ4n) is 3.09. The number of aromatic nitrogens is 1. The molecule has 8 heteroatoms. The molecule has 0 unspecified atom stereocenters. The van der Waals surface area contributed by atoms with Gasteiger partial charge in [0.05, 0.1) is 12.1 Å². The number of benzene rings is 1. The molecule has 7 nitrogen and oxygen atoms in total. The van der Waals surface area contributed by atoms with Crippen LogP contribution in [-0.4, -0.2) is 46.7 Å². The number of rotatable bonds is 11. The summed E-state index contributed by atoms with van der Waals surface area (Å²) < 4.78 is 0. The summed E-state index contributed by atoms with van der Waals surface area (Å²) in [5, 5.41) is 7.86. The third kappa shape index (κ3) is 6.66. The minimum Gasteiger partial charge on any atom is -0.356 e. The van der Waals surface area contributed by atoms with Crippen molar-refractivity contribution in [2.45, 2.75) is 51.5 Å². The summed E-state index contributed by atoms with van der Waals surface area (Å²) in [7, 11) is 0. The molecule has 3 rings (SSSR count). The number of anilines is 1. The molecule has 2 N–H and O–H groups in total. The first-order valence-electron chi connectivity index (χ1n) is 10.4. The van der Waals surface area contributed by atoms with Crippen molar-refractivity contribution in [3.63, 3.8) is 0 Å². The van der Waals surface area contributed by atoms with Gasteiger partial charge in [0.25, 0.3) is 5.91 Å². The van der Waals surface area contributed by atoms with Crippen LogP contribution in [0.1, 0.15) is 55.1 Å². The van der Waals surface area contributed by atoms with Crippen molar-refractivity contribution in [3.8, 4) is 0 Å². The second kappa shape index (κ2) is 10.9. The number of nitrogens with one attached hydrogen (secondary N) is 2. The Labute approximate surface area is 180 Å². The molecule has 0 spiro atoms. The Morgan fingerprint density at radius 2 is 1.90 bits per heavy atom. The van der Waals surface area contributed by atoms with E-state index in [2.05, 4.69) is 22.5 Å². The molecule has 30 heavy (non-hydrogen) atoms. The number of amides is 3. The van der Waals surface area contributed by atoms with Crippen molar-refractivity contribution < 1.29 is 14.4 Å². The number of unbranched alkanes of at least 4 members (excludes halogenated alkanes) is 2. The monoisotopic (exact) mass is 428 g/mol. The van der Waals surface area contributed by atoms with Crippen molar-refractivity contribution in [1.82, 2.24) is 15.2 Å². The number of nitrogens with zero attached hydrogens (tertiary/aromatic N) is 2. The Bertz CT molecular complexity index is 864. The highest BCUT2D eigenvalue weighted by Gasteiger charge is 2.34. The van der Waals surface area contributed by atoms with Gasteiger partial charge in [0.2, 0.25) is 11.8 Å². The van der Waals surface area contributed by atoms with E-state index < -0.39 is 0 Å². The number of hydrogen-bond donors (Lipinski definition) is 2. The first kappa shape index (κ1) is 22.0. The molecule has 0 saturated heterocycles. The lowest BCUT2D eigenvalue weighted by atomic mass is 10.2. The SMILES string of the molecule is CCCCCNC(=O)Cc1csc(NC(=O)CN(C(=O)c2ccccc2)C2CC2)n1. The lowest BCUT2D eigenvalue weighted by molar-refractivity contribution is -0.120. The van der Waals surface area contributed by atoms with Gasteiger partial charge in [-0.2, -0.15) is 0 Å². The van der Waals surface area contributed by atoms with Gasteiger partial charge in [0.1, 0.15) is 6.54 Å². The Balaban J connectivity index is 1.49. The van der Waals surface area contributed by atoms with Crippen molar-refractivity contribution in [1.29, 1.82) is 0 Å². The normalized spacial score (nSPS) is 13.0.